The maximum atomic E-state index is 11.4. The van der Waals surface area contributed by atoms with Gasteiger partial charge in [-0.25, -0.2) is 18.5 Å². The van der Waals surface area contributed by atoms with Gasteiger partial charge in [-0.2, -0.15) is 4.98 Å². The summed E-state index contributed by atoms with van der Waals surface area (Å²) in [6.07, 6.45) is 1.57. The van der Waals surface area contributed by atoms with Crippen LogP contribution in [0.1, 0.15) is 18.5 Å². The van der Waals surface area contributed by atoms with Crippen LogP contribution in [0, 0.1) is 0 Å². The van der Waals surface area contributed by atoms with E-state index < -0.39 is 10.0 Å². The van der Waals surface area contributed by atoms with Crippen molar-refractivity contribution in [2.24, 2.45) is 5.14 Å². The van der Waals surface area contributed by atoms with Crippen LogP contribution in [0.25, 0.3) is 0 Å². The number of nitrogens with one attached hydrogen (secondary N) is 1. The van der Waals surface area contributed by atoms with Gasteiger partial charge in [0.1, 0.15) is 0 Å². The van der Waals surface area contributed by atoms with Crippen molar-refractivity contribution in [2.75, 3.05) is 12.4 Å². The number of ether oxygens (including phenoxy) is 1. The number of sulfonamides is 1. The Bertz CT molecular complexity index is 734. The summed E-state index contributed by atoms with van der Waals surface area (Å²) in [5.41, 5.74) is 0.757. The molecule has 1 heterocycles. The predicted molar refractivity (Wildman–Crippen MR) is 78.4 cm³/mol. The molecule has 2 rings (SSSR count). The van der Waals surface area contributed by atoms with Crippen LogP contribution in [-0.4, -0.2) is 25.5 Å². The van der Waals surface area contributed by atoms with Gasteiger partial charge >= 0.3 is 0 Å². The minimum atomic E-state index is -3.72. The lowest BCUT2D eigenvalue weighted by molar-refractivity contribution is 0.397. The first-order chi connectivity index (χ1) is 9.90. The van der Waals surface area contributed by atoms with Crippen LogP contribution >= 0.6 is 0 Å². The summed E-state index contributed by atoms with van der Waals surface area (Å²) in [6.45, 7) is 1.87. The smallest absolute Gasteiger partial charge is 0.238 e. The van der Waals surface area contributed by atoms with E-state index in [0.717, 1.165) is 5.56 Å². The third-order valence-electron chi connectivity index (χ3n) is 2.87. The maximum absolute atomic E-state index is 11.4. The summed E-state index contributed by atoms with van der Waals surface area (Å²) < 4.78 is 27.8. The Labute approximate surface area is 123 Å². The highest BCUT2D eigenvalue weighted by Crippen LogP contribution is 2.20. The molecule has 1 atom stereocenters. The second kappa shape index (κ2) is 6.06. The van der Waals surface area contributed by atoms with Crippen LogP contribution in [0.3, 0.4) is 0 Å². The molecular weight excluding hydrogens is 292 g/mol. The fourth-order valence-corrected chi connectivity index (χ4v) is 2.33. The zero-order valence-electron chi connectivity index (χ0n) is 11.6. The van der Waals surface area contributed by atoms with Gasteiger partial charge in [-0.1, -0.05) is 12.1 Å². The van der Waals surface area contributed by atoms with Gasteiger partial charge in [0.25, 0.3) is 0 Å². The van der Waals surface area contributed by atoms with Gasteiger partial charge < -0.3 is 10.1 Å². The number of methoxy groups -OCH3 is 1. The van der Waals surface area contributed by atoms with Gasteiger partial charge in [-0.3, -0.25) is 0 Å². The van der Waals surface area contributed by atoms with Crippen LogP contribution in [0.15, 0.2) is 41.4 Å². The van der Waals surface area contributed by atoms with Crippen molar-refractivity contribution in [1.29, 1.82) is 0 Å². The Morgan fingerprint density at radius 3 is 2.76 bits per heavy atom. The van der Waals surface area contributed by atoms with Crippen molar-refractivity contribution in [1.82, 2.24) is 9.97 Å². The van der Waals surface area contributed by atoms with Gasteiger partial charge in [0.15, 0.2) is 0 Å². The lowest BCUT2D eigenvalue weighted by Crippen LogP contribution is -2.14. The van der Waals surface area contributed by atoms with E-state index in [-0.39, 0.29) is 10.9 Å². The van der Waals surface area contributed by atoms with Gasteiger partial charge in [0.2, 0.25) is 21.9 Å². The number of hydrogen-bond acceptors (Lipinski definition) is 6. The molecule has 1 aromatic heterocycles. The highest BCUT2D eigenvalue weighted by atomic mass is 32.2. The molecule has 8 heteroatoms. The molecule has 0 aliphatic heterocycles. The highest BCUT2D eigenvalue weighted by Gasteiger charge is 2.12. The summed E-state index contributed by atoms with van der Waals surface area (Å²) in [4.78, 5) is 8.29. The summed E-state index contributed by atoms with van der Waals surface area (Å²) in [7, 11) is -2.20. The number of anilines is 1. The van der Waals surface area contributed by atoms with E-state index in [1.807, 2.05) is 6.92 Å². The van der Waals surface area contributed by atoms with Gasteiger partial charge in [0, 0.05) is 12.3 Å². The maximum Gasteiger partial charge on any atom is 0.238 e. The van der Waals surface area contributed by atoms with Crippen LogP contribution < -0.4 is 15.2 Å². The molecule has 112 valence electrons. The molecule has 1 aromatic carbocycles. The van der Waals surface area contributed by atoms with E-state index in [2.05, 4.69) is 15.3 Å². The van der Waals surface area contributed by atoms with E-state index in [4.69, 9.17) is 9.88 Å². The number of primary sulfonamides is 1. The third kappa shape index (κ3) is 3.89. The fourth-order valence-electron chi connectivity index (χ4n) is 1.76. The Balaban J connectivity index is 2.22. The van der Waals surface area contributed by atoms with Crippen LogP contribution in [0.2, 0.25) is 0 Å². The van der Waals surface area contributed by atoms with Gasteiger partial charge in [-0.05, 0) is 24.6 Å². The minimum absolute atomic E-state index is 0.0696. The number of nitrogens with two attached hydrogens (primary N) is 1. The average Bonchev–Trinajstić information content (AvgIpc) is 2.46. The highest BCUT2D eigenvalue weighted by molar-refractivity contribution is 7.89. The molecule has 2 aromatic rings. The Morgan fingerprint density at radius 2 is 2.10 bits per heavy atom. The summed E-state index contributed by atoms with van der Waals surface area (Å²) in [6, 6.07) is 7.85. The number of benzene rings is 1. The molecule has 7 nitrogen and oxygen atoms in total. The van der Waals surface area contributed by atoms with Crippen molar-refractivity contribution in [3.8, 4) is 5.88 Å². The predicted octanol–water partition coefficient (Wildman–Crippen LogP) is 1.31. The van der Waals surface area contributed by atoms with E-state index >= 15 is 0 Å². The first-order valence-corrected chi connectivity index (χ1v) is 7.71. The average molecular weight is 308 g/mol. The number of nitrogens with zero attached hydrogens (tertiary/aromatic N) is 2. The van der Waals surface area contributed by atoms with Crippen molar-refractivity contribution in [3.05, 3.63) is 42.1 Å². The van der Waals surface area contributed by atoms with Crippen LogP contribution in [-0.2, 0) is 10.0 Å². The Morgan fingerprint density at radius 1 is 1.33 bits per heavy atom. The van der Waals surface area contributed by atoms with Crippen molar-refractivity contribution in [2.45, 2.75) is 17.9 Å². The lowest BCUT2D eigenvalue weighted by atomic mass is 10.1. The van der Waals surface area contributed by atoms with Gasteiger partial charge in [-0.15, -0.1) is 0 Å². The molecular formula is C13H16N4O3S. The first kappa shape index (κ1) is 15.2. The SMILES string of the molecule is COc1ccnc(N[C@H](C)c2cccc(S(N)(=O)=O)c2)n1. The Hall–Kier alpha value is -2.19. The fraction of sp³-hybridized carbons (Fsp3) is 0.231. The molecule has 0 spiro atoms. The lowest BCUT2D eigenvalue weighted by Gasteiger charge is -2.15. The molecule has 3 N–H and O–H groups in total. The number of rotatable bonds is 5. The molecule has 0 amide bonds. The zero-order chi connectivity index (χ0) is 15.5. The standard InChI is InChI=1S/C13H16N4O3S/c1-9(16-13-15-7-6-12(17-13)20-2)10-4-3-5-11(8-10)21(14,18)19/h3-9H,1-2H3,(H2,14,18,19)(H,15,16,17)/t9-/m1/s1. The number of hydrogen-bond donors (Lipinski definition) is 2. The summed E-state index contributed by atoms with van der Waals surface area (Å²) in [5, 5.41) is 8.20. The summed E-state index contributed by atoms with van der Waals surface area (Å²) >= 11 is 0. The molecule has 0 fully saturated rings. The molecule has 0 aliphatic rings. The molecule has 0 bridgehead atoms. The van der Waals surface area contributed by atoms with E-state index in [1.54, 1.807) is 24.4 Å². The first-order valence-electron chi connectivity index (χ1n) is 6.16. The second-order valence-electron chi connectivity index (χ2n) is 4.41. The molecule has 0 saturated heterocycles. The molecule has 0 saturated carbocycles. The Kier molecular flexibility index (Phi) is 4.39. The van der Waals surface area contributed by atoms with E-state index in [9.17, 15) is 8.42 Å². The van der Waals surface area contributed by atoms with Crippen molar-refractivity contribution < 1.29 is 13.2 Å². The quantitative estimate of drug-likeness (QED) is 0.862. The monoisotopic (exact) mass is 308 g/mol. The zero-order valence-corrected chi connectivity index (χ0v) is 12.5. The molecule has 0 radical (unpaired) electrons. The van der Waals surface area contributed by atoms with Crippen molar-refractivity contribution in [3.63, 3.8) is 0 Å². The normalized spacial score (nSPS) is 12.7. The van der Waals surface area contributed by atoms with Crippen LogP contribution in [0.4, 0.5) is 5.95 Å². The molecule has 21 heavy (non-hydrogen) atoms. The topological polar surface area (TPSA) is 107 Å². The van der Waals surface area contributed by atoms with E-state index in [1.165, 1.54) is 19.2 Å². The number of aromatic nitrogens is 2. The molecule has 0 unspecified atom stereocenters. The largest absolute Gasteiger partial charge is 0.481 e. The van der Waals surface area contributed by atoms with E-state index in [0.29, 0.717) is 11.8 Å². The van der Waals surface area contributed by atoms with Crippen LogP contribution in [0.5, 0.6) is 5.88 Å². The third-order valence-corrected chi connectivity index (χ3v) is 3.78. The van der Waals surface area contributed by atoms with Gasteiger partial charge in [0.05, 0.1) is 18.0 Å². The summed E-state index contributed by atoms with van der Waals surface area (Å²) in [5.74, 6) is 0.834. The molecule has 0 aliphatic carbocycles. The second-order valence-corrected chi connectivity index (χ2v) is 5.97. The van der Waals surface area contributed by atoms with Crippen molar-refractivity contribution >= 4 is 16.0 Å². The minimum Gasteiger partial charge on any atom is -0.481 e.